The SMILES string of the molecule is CN=C(NCCOCCC(C)C)NCC1CCN(CCOC)CC1.I. The van der Waals surface area contributed by atoms with Crippen LogP contribution in [0.2, 0.25) is 0 Å². The first-order valence-corrected chi connectivity index (χ1v) is 9.39. The number of likely N-dealkylation sites (tertiary alicyclic amines) is 1. The van der Waals surface area contributed by atoms with Crippen LogP contribution in [0.5, 0.6) is 0 Å². The third-order valence-electron chi connectivity index (χ3n) is 4.48. The second-order valence-corrected chi connectivity index (χ2v) is 6.95. The number of halogens is 1. The molecule has 1 rings (SSSR count). The number of piperidine rings is 1. The molecule has 0 atom stereocenters. The van der Waals surface area contributed by atoms with Crippen molar-refractivity contribution in [2.75, 3.05) is 66.7 Å². The molecule has 1 aliphatic heterocycles. The molecule has 2 N–H and O–H groups in total. The lowest BCUT2D eigenvalue weighted by Gasteiger charge is -2.32. The van der Waals surface area contributed by atoms with Crippen molar-refractivity contribution in [2.24, 2.45) is 16.8 Å². The summed E-state index contributed by atoms with van der Waals surface area (Å²) in [4.78, 5) is 6.77. The maximum Gasteiger partial charge on any atom is 0.191 e. The fourth-order valence-corrected chi connectivity index (χ4v) is 2.76. The van der Waals surface area contributed by atoms with Gasteiger partial charge in [-0.25, -0.2) is 0 Å². The fraction of sp³-hybridized carbons (Fsp3) is 0.944. The largest absolute Gasteiger partial charge is 0.383 e. The van der Waals surface area contributed by atoms with Crippen LogP contribution >= 0.6 is 24.0 Å². The van der Waals surface area contributed by atoms with Crippen molar-refractivity contribution < 1.29 is 9.47 Å². The summed E-state index contributed by atoms with van der Waals surface area (Å²) >= 11 is 0. The first-order valence-electron chi connectivity index (χ1n) is 9.39. The zero-order valence-corrected chi connectivity index (χ0v) is 18.9. The summed E-state index contributed by atoms with van der Waals surface area (Å²) in [5, 5.41) is 6.77. The molecule has 0 radical (unpaired) electrons. The van der Waals surface area contributed by atoms with Crippen molar-refractivity contribution in [2.45, 2.75) is 33.1 Å². The van der Waals surface area contributed by atoms with E-state index in [0.717, 1.165) is 57.8 Å². The Balaban J connectivity index is 0.00000576. The van der Waals surface area contributed by atoms with Gasteiger partial charge >= 0.3 is 0 Å². The number of ether oxygens (including phenoxy) is 2. The van der Waals surface area contributed by atoms with E-state index in [1.165, 1.54) is 25.9 Å². The number of nitrogens with one attached hydrogen (secondary N) is 2. The van der Waals surface area contributed by atoms with Crippen molar-refractivity contribution in [3.63, 3.8) is 0 Å². The molecule has 25 heavy (non-hydrogen) atoms. The van der Waals surface area contributed by atoms with E-state index < -0.39 is 0 Å². The standard InChI is InChI=1S/C18H38N4O2.HI/c1-16(2)7-12-24-13-8-20-18(19-3)21-15-17-5-9-22(10-6-17)11-14-23-4;/h16-17H,5-15H2,1-4H3,(H2,19,20,21);1H. The molecule has 0 amide bonds. The van der Waals surface area contributed by atoms with E-state index in [9.17, 15) is 0 Å². The molecule has 0 bridgehead atoms. The molecule has 0 spiro atoms. The van der Waals surface area contributed by atoms with E-state index >= 15 is 0 Å². The number of methoxy groups -OCH3 is 1. The first-order chi connectivity index (χ1) is 11.7. The number of hydrogen-bond acceptors (Lipinski definition) is 4. The molecule has 0 unspecified atom stereocenters. The highest BCUT2D eigenvalue weighted by atomic mass is 127. The summed E-state index contributed by atoms with van der Waals surface area (Å²) < 4.78 is 10.8. The molecule has 0 aromatic rings. The van der Waals surface area contributed by atoms with Crippen LogP contribution in [0.3, 0.4) is 0 Å². The Morgan fingerprint density at radius 1 is 1.16 bits per heavy atom. The first kappa shape index (κ1) is 24.9. The van der Waals surface area contributed by atoms with Crippen LogP contribution in [0.15, 0.2) is 4.99 Å². The summed E-state index contributed by atoms with van der Waals surface area (Å²) in [6, 6.07) is 0. The molecule has 0 saturated carbocycles. The highest BCUT2D eigenvalue weighted by molar-refractivity contribution is 14.0. The van der Waals surface area contributed by atoms with E-state index in [-0.39, 0.29) is 24.0 Å². The lowest BCUT2D eigenvalue weighted by atomic mass is 9.97. The topological polar surface area (TPSA) is 58.1 Å². The van der Waals surface area contributed by atoms with E-state index in [0.29, 0.717) is 5.92 Å². The van der Waals surface area contributed by atoms with Crippen LogP contribution in [0.4, 0.5) is 0 Å². The summed E-state index contributed by atoms with van der Waals surface area (Å²) in [5.41, 5.74) is 0. The van der Waals surface area contributed by atoms with Gasteiger partial charge in [0, 0.05) is 40.4 Å². The van der Waals surface area contributed by atoms with Gasteiger partial charge in [0.1, 0.15) is 0 Å². The second-order valence-electron chi connectivity index (χ2n) is 6.95. The van der Waals surface area contributed by atoms with Crippen molar-refractivity contribution in [3.8, 4) is 0 Å². The van der Waals surface area contributed by atoms with Crippen LogP contribution in [0.25, 0.3) is 0 Å². The Bertz CT molecular complexity index is 335. The Morgan fingerprint density at radius 2 is 1.88 bits per heavy atom. The molecule has 0 aromatic heterocycles. The van der Waals surface area contributed by atoms with Crippen molar-refractivity contribution in [1.82, 2.24) is 15.5 Å². The van der Waals surface area contributed by atoms with E-state index in [1.54, 1.807) is 7.11 Å². The third kappa shape index (κ3) is 12.8. The van der Waals surface area contributed by atoms with E-state index in [1.807, 2.05) is 7.05 Å². The van der Waals surface area contributed by atoms with Gasteiger partial charge < -0.3 is 25.0 Å². The third-order valence-corrected chi connectivity index (χ3v) is 4.48. The van der Waals surface area contributed by atoms with E-state index in [2.05, 4.69) is 34.4 Å². The van der Waals surface area contributed by atoms with Crippen LogP contribution in [-0.2, 0) is 9.47 Å². The molecule has 150 valence electrons. The molecule has 1 aliphatic rings. The van der Waals surface area contributed by atoms with Gasteiger partial charge in [-0.1, -0.05) is 13.8 Å². The zero-order chi connectivity index (χ0) is 17.6. The maximum absolute atomic E-state index is 5.62. The molecule has 0 aromatic carbocycles. The van der Waals surface area contributed by atoms with Crippen LogP contribution in [0.1, 0.15) is 33.1 Å². The van der Waals surface area contributed by atoms with Gasteiger partial charge in [0.2, 0.25) is 0 Å². The predicted molar refractivity (Wildman–Crippen MR) is 116 cm³/mol. The number of guanidine groups is 1. The van der Waals surface area contributed by atoms with Crippen LogP contribution < -0.4 is 10.6 Å². The lowest BCUT2D eigenvalue weighted by Crippen LogP contribution is -2.44. The average Bonchev–Trinajstić information content (AvgIpc) is 2.59. The Morgan fingerprint density at radius 3 is 2.48 bits per heavy atom. The Hall–Kier alpha value is -0.120. The predicted octanol–water partition coefficient (Wildman–Crippen LogP) is 2.19. The summed E-state index contributed by atoms with van der Waals surface area (Å²) in [6.07, 6.45) is 3.61. The van der Waals surface area contributed by atoms with Gasteiger partial charge in [-0.2, -0.15) is 0 Å². The molecule has 7 heteroatoms. The van der Waals surface area contributed by atoms with Crippen LogP contribution in [-0.4, -0.2) is 77.6 Å². The molecular formula is C18H39IN4O2. The molecule has 6 nitrogen and oxygen atoms in total. The molecule has 0 aliphatic carbocycles. The van der Waals surface area contributed by atoms with Crippen molar-refractivity contribution in [1.29, 1.82) is 0 Å². The number of aliphatic imine (C=N–C) groups is 1. The molecule has 1 heterocycles. The maximum atomic E-state index is 5.62. The van der Waals surface area contributed by atoms with Crippen molar-refractivity contribution in [3.05, 3.63) is 0 Å². The Kier molecular flexibility index (Phi) is 16.0. The minimum atomic E-state index is 0. The highest BCUT2D eigenvalue weighted by Gasteiger charge is 2.18. The van der Waals surface area contributed by atoms with Gasteiger partial charge in [-0.15, -0.1) is 24.0 Å². The quantitative estimate of drug-likeness (QED) is 0.210. The summed E-state index contributed by atoms with van der Waals surface area (Å²) in [7, 11) is 3.59. The van der Waals surface area contributed by atoms with Crippen LogP contribution in [0, 0.1) is 11.8 Å². The second kappa shape index (κ2) is 16.1. The van der Waals surface area contributed by atoms with Gasteiger partial charge in [0.15, 0.2) is 5.96 Å². The molecule has 1 fully saturated rings. The summed E-state index contributed by atoms with van der Waals surface area (Å²) in [6.45, 7) is 12.0. The van der Waals surface area contributed by atoms with Gasteiger partial charge in [-0.3, -0.25) is 4.99 Å². The number of nitrogens with zero attached hydrogens (tertiary/aromatic N) is 2. The number of rotatable bonds is 11. The lowest BCUT2D eigenvalue weighted by molar-refractivity contribution is 0.120. The molecular weight excluding hydrogens is 431 g/mol. The monoisotopic (exact) mass is 470 g/mol. The Labute approximate surface area is 171 Å². The van der Waals surface area contributed by atoms with Crippen molar-refractivity contribution >= 4 is 29.9 Å². The van der Waals surface area contributed by atoms with Gasteiger partial charge in [0.05, 0.1) is 13.2 Å². The molecule has 1 saturated heterocycles. The summed E-state index contributed by atoms with van der Waals surface area (Å²) in [5.74, 6) is 2.31. The van der Waals surface area contributed by atoms with Gasteiger partial charge in [0.25, 0.3) is 0 Å². The minimum absolute atomic E-state index is 0. The normalized spacial score (nSPS) is 16.8. The highest BCUT2D eigenvalue weighted by Crippen LogP contribution is 2.15. The van der Waals surface area contributed by atoms with E-state index in [4.69, 9.17) is 9.47 Å². The average molecular weight is 470 g/mol. The number of hydrogen-bond donors (Lipinski definition) is 2. The fourth-order valence-electron chi connectivity index (χ4n) is 2.76. The zero-order valence-electron chi connectivity index (χ0n) is 16.6. The minimum Gasteiger partial charge on any atom is -0.383 e. The smallest absolute Gasteiger partial charge is 0.191 e. The van der Waals surface area contributed by atoms with Gasteiger partial charge in [-0.05, 0) is 44.2 Å².